The Hall–Kier alpha value is -3.48. The van der Waals surface area contributed by atoms with Gasteiger partial charge in [-0.3, -0.25) is 4.79 Å². The number of ether oxygens (including phenoxy) is 1. The van der Waals surface area contributed by atoms with E-state index in [-0.39, 0.29) is 24.7 Å². The molecule has 39 heavy (non-hydrogen) atoms. The number of aryl methyl sites for hydroxylation is 1. The van der Waals surface area contributed by atoms with E-state index in [9.17, 15) is 4.79 Å². The van der Waals surface area contributed by atoms with Gasteiger partial charge in [-0.05, 0) is 56.4 Å². The zero-order valence-corrected chi connectivity index (χ0v) is 23.8. The summed E-state index contributed by atoms with van der Waals surface area (Å²) in [6, 6.07) is 10.4. The van der Waals surface area contributed by atoms with Crippen LogP contribution in [0.25, 0.3) is 5.82 Å². The molecule has 0 aliphatic carbocycles. The third-order valence-corrected chi connectivity index (χ3v) is 7.34. The lowest BCUT2D eigenvalue weighted by Crippen LogP contribution is -2.51. The van der Waals surface area contributed by atoms with E-state index >= 15 is 0 Å². The quantitative estimate of drug-likeness (QED) is 0.260. The van der Waals surface area contributed by atoms with E-state index in [1.54, 1.807) is 41.2 Å². The molecule has 1 amide bonds. The van der Waals surface area contributed by atoms with Gasteiger partial charge in [0.1, 0.15) is 17.9 Å². The minimum atomic E-state index is -0.415. The van der Waals surface area contributed by atoms with E-state index in [1.165, 1.54) is 0 Å². The lowest BCUT2D eigenvalue weighted by molar-refractivity contribution is 0.0356. The maximum atomic E-state index is 13.2. The Morgan fingerprint density at radius 3 is 2.62 bits per heavy atom. The van der Waals surface area contributed by atoms with Crippen LogP contribution in [0.5, 0.6) is 5.75 Å². The highest BCUT2D eigenvalue weighted by Gasteiger charge is 2.38. The van der Waals surface area contributed by atoms with Crippen LogP contribution in [0, 0.1) is 16.7 Å². The van der Waals surface area contributed by atoms with Crippen LogP contribution in [0.2, 0.25) is 5.02 Å². The molecule has 1 aromatic carbocycles. The molecule has 0 aliphatic rings. The summed E-state index contributed by atoms with van der Waals surface area (Å²) >= 11 is 6.20. The second-order valence-electron chi connectivity index (χ2n) is 10.1. The molecule has 2 N–H and O–H groups in total. The van der Waals surface area contributed by atoms with Crippen molar-refractivity contribution in [3.63, 3.8) is 0 Å². The number of benzene rings is 1. The number of aliphatic hydroxyl groups is 1. The number of aliphatic hydroxyl groups excluding tert-OH is 1. The fraction of sp³-hybridized carbons (Fsp3) is 0.483. The van der Waals surface area contributed by atoms with Gasteiger partial charge in [-0.25, -0.2) is 9.67 Å². The Morgan fingerprint density at radius 2 is 2.00 bits per heavy atom. The van der Waals surface area contributed by atoms with Gasteiger partial charge in [-0.2, -0.15) is 5.26 Å². The molecule has 9 nitrogen and oxygen atoms in total. The lowest BCUT2D eigenvalue weighted by Gasteiger charge is -2.40. The van der Waals surface area contributed by atoms with Gasteiger partial charge in [0.05, 0.1) is 28.0 Å². The number of hydrogen-bond acceptors (Lipinski definition) is 7. The first-order valence-electron chi connectivity index (χ1n) is 13.4. The summed E-state index contributed by atoms with van der Waals surface area (Å²) in [4.78, 5) is 17.6. The molecular weight excluding hydrogens is 516 g/mol. The third kappa shape index (κ3) is 7.78. The summed E-state index contributed by atoms with van der Waals surface area (Å²) in [5.41, 5.74) is 1.29. The monoisotopic (exact) mass is 552 g/mol. The van der Waals surface area contributed by atoms with Crippen molar-refractivity contribution in [2.45, 2.75) is 78.4 Å². The summed E-state index contributed by atoms with van der Waals surface area (Å²) in [6.07, 6.45) is 8.04. The first-order valence-corrected chi connectivity index (χ1v) is 13.8. The molecule has 0 saturated heterocycles. The Balaban J connectivity index is 1.66. The second kappa shape index (κ2) is 14.1. The molecule has 0 bridgehead atoms. The molecule has 0 aliphatic heterocycles. The van der Waals surface area contributed by atoms with Crippen molar-refractivity contribution in [3.05, 3.63) is 64.6 Å². The van der Waals surface area contributed by atoms with E-state index < -0.39 is 5.41 Å². The summed E-state index contributed by atoms with van der Waals surface area (Å²) in [5, 5.41) is 29.9. The van der Waals surface area contributed by atoms with E-state index in [2.05, 4.69) is 40.5 Å². The van der Waals surface area contributed by atoms with Crippen LogP contribution >= 0.6 is 11.6 Å². The zero-order chi connectivity index (χ0) is 28.4. The Bertz CT molecular complexity index is 1270. The molecule has 0 fully saturated rings. The lowest BCUT2D eigenvalue weighted by atomic mass is 9.76. The Kier molecular flexibility index (Phi) is 10.8. The topological polar surface area (TPSA) is 126 Å². The van der Waals surface area contributed by atoms with Crippen LogP contribution in [0.1, 0.15) is 81.4 Å². The molecule has 2 heterocycles. The molecule has 3 rings (SSSR count). The largest absolute Gasteiger partial charge is 0.490 e. The smallest absolute Gasteiger partial charge is 0.253 e. The maximum Gasteiger partial charge on any atom is 0.253 e. The molecule has 0 radical (unpaired) electrons. The summed E-state index contributed by atoms with van der Waals surface area (Å²) in [6.45, 7) is 8.43. The number of carbonyl (C=O) groups excluding carboxylic acids is 1. The van der Waals surface area contributed by atoms with E-state index in [4.69, 9.17) is 26.7 Å². The van der Waals surface area contributed by atoms with Crippen LogP contribution < -0.4 is 10.1 Å². The SMILES string of the molecule is CC[C@@H](NC(=O)c1ccc(-n2cc(CCCCCO)nn2)nc1)C(C)(C)[C@@H](CC)Oc1ccc(C#N)c(Cl)c1. The van der Waals surface area contributed by atoms with Crippen LogP contribution in [-0.4, -0.2) is 49.7 Å². The van der Waals surface area contributed by atoms with Crippen molar-refractivity contribution in [1.82, 2.24) is 25.3 Å². The number of amides is 1. The van der Waals surface area contributed by atoms with Crippen molar-refractivity contribution >= 4 is 17.5 Å². The molecule has 0 spiro atoms. The zero-order valence-electron chi connectivity index (χ0n) is 23.0. The molecule has 0 saturated carbocycles. The molecule has 2 atom stereocenters. The summed E-state index contributed by atoms with van der Waals surface area (Å²) < 4.78 is 7.89. The molecule has 208 valence electrons. The average Bonchev–Trinajstić information content (AvgIpc) is 3.41. The number of unbranched alkanes of at least 4 members (excludes halogenated alkanes) is 2. The first kappa shape index (κ1) is 30.1. The van der Waals surface area contributed by atoms with Crippen molar-refractivity contribution in [1.29, 1.82) is 5.26 Å². The highest BCUT2D eigenvalue weighted by molar-refractivity contribution is 6.31. The predicted molar refractivity (Wildman–Crippen MR) is 150 cm³/mol. The average molecular weight is 553 g/mol. The van der Waals surface area contributed by atoms with Crippen LogP contribution in [0.4, 0.5) is 0 Å². The number of halogens is 1. The minimum absolute atomic E-state index is 0.174. The number of carbonyl (C=O) groups is 1. The minimum Gasteiger partial charge on any atom is -0.490 e. The number of rotatable bonds is 14. The number of hydrogen-bond donors (Lipinski definition) is 2. The fourth-order valence-electron chi connectivity index (χ4n) is 4.64. The Morgan fingerprint density at radius 1 is 1.21 bits per heavy atom. The number of aromatic nitrogens is 4. The predicted octanol–water partition coefficient (Wildman–Crippen LogP) is 5.28. The molecular formula is C29H37ClN6O3. The highest BCUT2D eigenvalue weighted by Crippen LogP contribution is 2.34. The van der Waals surface area contributed by atoms with E-state index in [0.29, 0.717) is 40.6 Å². The van der Waals surface area contributed by atoms with Crippen molar-refractivity contribution in [2.75, 3.05) is 6.61 Å². The standard InChI is InChI=1S/C29H37ClN6O3/c1-5-25(29(3,4)26(6-2)39-23-13-11-20(17-31)24(30)16-23)33-28(38)21-12-14-27(32-18-21)36-19-22(34-35-36)10-8-7-9-15-37/h11-14,16,18-19,25-26,37H,5-10,15H2,1-4H3,(H,33,38)/t25-,26-/m1/s1. The molecule has 3 aromatic rings. The number of pyridine rings is 1. The number of nitrogens with zero attached hydrogens (tertiary/aromatic N) is 5. The van der Waals surface area contributed by atoms with Crippen LogP contribution in [-0.2, 0) is 6.42 Å². The number of nitriles is 1. The van der Waals surface area contributed by atoms with Gasteiger partial charge >= 0.3 is 0 Å². The first-order chi connectivity index (χ1) is 18.7. The third-order valence-electron chi connectivity index (χ3n) is 7.03. The van der Waals surface area contributed by atoms with E-state index in [0.717, 1.165) is 31.4 Å². The second-order valence-corrected chi connectivity index (χ2v) is 10.5. The molecule has 2 aromatic heterocycles. The van der Waals surface area contributed by atoms with Crippen LogP contribution in [0.15, 0.2) is 42.7 Å². The van der Waals surface area contributed by atoms with Gasteiger partial charge in [0, 0.05) is 30.3 Å². The molecule has 0 unspecified atom stereocenters. The van der Waals surface area contributed by atoms with Gasteiger partial charge in [0.25, 0.3) is 5.91 Å². The number of nitrogens with one attached hydrogen (secondary N) is 1. The van der Waals surface area contributed by atoms with Gasteiger partial charge in [0.15, 0.2) is 5.82 Å². The van der Waals surface area contributed by atoms with Gasteiger partial charge in [-0.1, -0.05) is 50.9 Å². The Labute approximate surface area is 235 Å². The maximum absolute atomic E-state index is 13.2. The fourth-order valence-corrected chi connectivity index (χ4v) is 4.85. The van der Waals surface area contributed by atoms with Gasteiger partial charge in [0.2, 0.25) is 0 Å². The van der Waals surface area contributed by atoms with Gasteiger partial charge < -0.3 is 15.2 Å². The normalized spacial score (nSPS) is 12.9. The van der Waals surface area contributed by atoms with Crippen molar-refractivity contribution in [3.8, 4) is 17.6 Å². The van der Waals surface area contributed by atoms with Gasteiger partial charge in [-0.15, -0.1) is 5.10 Å². The van der Waals surface area contributed by atoms with Crippen molar-refractivity contribution < 1.29 is 14.6 Å². The summed E-state index contributed by atoms with van der Waals surface area (Å²) in [7, 11) is 0. The summed E-state index contributed by atoms with van der Waals surface area (Å²) in [5.74, 6) is 0.947. The van der Waals surface area contributed by atoms with Crippen molar-refractivity contribution in [2.24, 2.45) is 5.41 Å². The van der Waals surface area contributed by atoms with Crippen LogP contribution in [0.3, 0.4) is 0 Å². The van der Waals surface area contributed by atoms with E-state index in [1.807, 2.05) is 20.0 Å². The molecule has 10 heteroatoms. The highest BCUT2D eigenvalue weighted by atomic mass is 35.5.